The summed E-state index contributed by atoms with van der Waals surface area (Å²) in [6.45, 7) is 5.90. The maximum Gasteiger partial charge on any atom is 0.432 e. The van der Waals surface area contributed by atoms with E-state index in [2.05, 4.69) is 39.2 Å². The second-order valence-electron chi connectivity index (χ2n) is 6.62. The van der Waals surface area contributed by atoms with Gasteiger partial charge in [0.25, 0.3) is 0 Å². The number of aromatic nitrogens is 5. The molecule has 29 heavy (non-hydrogen) atoms. The molecular formula is C19H17ClN6O2S. The summed E-state index contributed by atoms with van der Waals surface area (Å²) in [5.74, 6) is 0.970. The molecule has 8 nitrogen and oxygen atoms in total. The van der Waals surface area contributed by atoms with Crippen molar-refractivity contribution < 1.29 is 9.53 Å². The van der Waals surface area contributed by atoms with Gasteiger partial charge in [0.15, 0.2) is 16.6 Å². The van der Waals surface area contributed by atoms with Crippen LogP contribution in [0, 0.1) is 6.92 Å². The largest absolute Gasteiger partial charge is 0.432 e. The summed E-state index contributed by atoms with van der Waals surface area (Å²) in [5, 5.41) is 3.67. The van der Waals surface area contributed by atoms with E-state index < -0.39 is 6.09 Å². The molecule has 0 aromatic carbocycles. The molecule has 0 aliphatic heterocycles. The van der Waals surface area contributed by atoms with Gasteiger partial charge >= 0.3 is 6.09 Å². The van der Waals surface area contributed by atoms with Gasteiger partial charge in [0.05, 0.1) is 17.4 Å². The highest BCUT2D eigenvalue weighted by Gasteiger charge is 2.16. The molecule has 4 aromatic rings. The van der Waals surface area contributed by atoms with E-state index in [4.69, 9.17) is 16.3 Å². The molecule has 148 valence electrons. The highest BCUT2D eigenvalue weighted by molar-refractivity contribution is 7.13. The molecule has 0 spiro atoms. The fraction of sp³-hybridized carbons (Fsp3) is 0.211. The quantitative estimate of drug-likeness (QED) is 0.502. The zero-order valence-corrected chi connectivity index (χ0v) is 17.5. The van der Waals surface area contributed by atoms with E-state index in [1.165, 1.54) is 17.5 Å². The number of nitrogens with one attached hydrogen (secondary N) is 1. The van der Waals surface area contributed by atoms with E-state index in [0.29, 0.717) is 21.7 Å². The zero-order chi connectivity index (χ0) is 20.5. The zero-order valence-electron chi connectivity index (χ0n) is 15.9. The average molecular weight is 429 g/mol. The van der Waals surface area contributed by atoms with Crippen molar-refractivity contribution in [1.82, 2.24) is 24.6 Å². The Morgan fingerprint density at radius 3 is 2.83 bits per heavy atom. The second-order valence-corrected chi connectivity index (χ2v) is 7.87. The van der Waals surface area contributed by atoms with E-state index in [9.17, 15) is 4.79 Å². The molecule has 0 atom stereocenters. The molecule has 0 aliphatic carbocycles. The SMILES string of the molecule is Cc1nc(-c2nc(Cl)cs2)ncc1OC(=O)Nn1cc(C(C)C)c2cnccc21. The van der Waals surface area contributed by atoms with Crippen LogP contribution in [0.3, 0.4) is 0 Å². The Morgan fingerprint density at radius 1 is 1.31 bits per heavy atom. The molecule has 0 aliphatic rings. The van der Waals surface area contributed by atoms with Gasteiger partial charge in [0.1, 0.15) is 5.15 Å². The highest BCUT2D eigenvalue weighted by atomic mass is 35.5. The minimum absolute atomic E-state index is 0.260. The molecule has 1 amide bonds. The van der Waals surface area contributed by atoms with Gasteiger partial charge in [-0.1, -0.05) is 25.4 Å². The van der Waals surface area contributed by atoms with Crippen LogP contribution in [-0.4, -0.2) is 30.7 Å². The van der Waals surface area contributed by atoms with Crippen molar-refractivity contribution in [2.24, 2.45) is 0 Å². The number of nitrogens with zero attached hydrogens (tertiary/aromatic N) is 5. The number of amides is 1. The van der Waals surface area contributed by atoms with Crippen molar-refractivity contribution in [1.29, 1.82) is 0 Å². The minimum atomic E-state index is -0.647. The first-order valence-corrected chi connectivity index (χ1v) is 10.1. The number of rotatable bonds is 4. The summed E-state index contributed by atoms with van der Waals surface area (Å²) in [6.07, 6.45) is 6.14. The molecule has 4 aromatic heterocycles. The number of hydrogen-bond donors (Lipinski definition) is 1. The summed E-state index contributed by atoms with van der Waals surface area (Å²) in [5.41, 5.74) is 5.17. The predicted octanol–water partition coefficient (Wildman–Crippen LogP) is 4.78. The van der Waals surface area contributed by atoms with Gasteiger partial charge in [-0.3, -0.25) is 9.66 Å². The van der Waals surface area contributed by atoms with Gasteiger partial charge in [0.2, 0.25) is 0 Å². The van der Waals surface area contributed by atoms with Crippen molar-refractivity contribution in [3.8, 4) is 16.6 Å². The molecule has 4 rings (SSSR count). The van der Waals surface area contributed by atoms with Crippen LogP contribution in [0.5, 0.6) is 5.75 Å². The van der Waals surface area contributed by atoms with Gasteiger partial charge < -0.3 is 4.74 Å². The average Bonchev–Trinajstić information content (AvgIpc) is 3.28. The second kappa shape index (κ2) is 7.76. The van der Waals surface area contributed by atoms with Crippen LogP contribution < -0.4 is 10.2 Å². The molecular weight excluding hydrogens is 412 g/mol. The van der Waals surface area contributed by atoms with Gasteiger partial charge in [-0.25, -0.2) is 25.2 Å². The molecule has 0 saturated carbocycles. The number of ether oxygens (including phenoxy) is 1. The van der Waals surface area contributed by atoms with E-state index in [-0.39, 0.29) is 11.7 Å². The number of carbonyl (C=O) groups excluding carboxylic acids is 1. The van der Waals surface area contributed by atoms with Crippen LogP contribution in [0.2, 0.25) is 5.15 Å². The van der Waals surface area contributed by atoms with Gasteiger partial charge in [0, 0.05) is 29.4 Å². The number of carbonyl (C=O) groups is 1. The minimum Gasteiger partial charge on any atom is -0.406 e. The van der Waals surface area contributed by atoms with Crippen LogP contribution in [0.1, 0.15) is 31.0 Å². The number of thiazole rings is 1. The third kappa shape index (κ3) is 3.92. The first kappa shape index (κ1) is 19.3. The van der Waals surface area contributed by atoms with E-state index >= 15 is 0 Å². The fourth-order valence-corrected chi connectivity index (χ4v) is 3.77. The monoisotopic (exact) mass is 428 g/mol. The number of halogens is 1. The highest BCUT2D eigenvalue weighted by Crippen LogP contribution is 2.27. The Kier molecular flexibility index (Phi) is 5.16. The van der Waals surface area contributed by atoms with Crippen LogP contribution in [0.25, 0.3) is 21.7 Å². The van der Waals surface area contributed by atoms with Crippen LogP contribution in [0.4, 0.5) is 4.79 Å². The van der Waals surface area contributed by atoms with Crippen molar-refractivity contribution in [2.45, 2.75) is 26.7 Å². The standard InChI is InChI=1S/C19H17ClN6O2S/c1-10(2)13-8-26(14-4-5-21-6-12(13)14)25-19(27)28-15-7-22-17(23-11(15)3)18-24-16(20)9-29-18/h4-10H,1-3H3,(H,25,27). The maximum atomic E-state index is 12.5. The van der Waals surface area contributed by atoms with Crippen molar-refractivity contribution in [2.75, 3.05) is 5.43 Å². The first-order chi connectivity index (χ1) is 13.9. The Balaban J connectivity index is 1.54. The van der Waals surface area contributed by atoms with E-state index in [1.54, 1.807) is 29.4 Å². The number of pyridine rings is 1. The Hall–Kier alpha value is -3.04. The summed E-state index contributed by atoms with van der Waals surface area (Å²) < 4.78 is 7.04. The predicted molar refractivity (Wildman–Crippen MR) is 112 cm³/mol. The molecule has 0 fully saturated rings. The third-order valence-corrected chi connectivity index (χ3v) is 5.44. The molecule has 0 radical (unpaired) electrons. The molecule has 0 bridgehead atoms. The van der Waals surface area contributed by atoms with E-state index in [0.717, 1.165) is 16.5 Å². The maximum absolute atomic E-state index is 12.5. The Labute approximate surface area is 175 Å². The first-order valence-electron chi connectivity index (χ1n) is 8.81. The van der Waals surface area contributed by atoms with Crippen LogP contribution in [-0.2, 0) is 0 Å². The van der Waals surface area contributed by atoms with Gasteiger partial charge in [-0.2, -0.15) is 0 Å². The van der Waals surface area contributed by atoms with Crippen molar-refractivity contribution >= 4 is 39.9 Å². The van der Waals surface area contributed by atoms with Gasteiger partial charge in [-0.15, -0.1) is 11.3 Å². The summed E-state index contributed by atoms with van der Waals surface area (Å²) in [7, 11) is 0. The van der Waals surface area contributed by atoms with Crippen molar-refractivity contribution in [3.05, 3.63) is 52.6 Å². The molecule has 0 saturated heterocycles. The van der Waals surface area contributed by atoms with Crippen molar-refractivity contribution in [3.63, 3.8) is 0 Å². The molecule has 0 unspecified atom stereocenters. The summed E-state index contributed by atoms with van der Waals surface area (Å²) in [6, 6.07) is 1.84. The lowest BCUT2D eigenvalue weighted by molar-refractivity contribution is 0.211. The number of fused-ring (bicyclic) bond motifs is 1. The van der Waals surface area contributed by atoms with Gasteiger partial charge in [-0.05, 0) is 24.5 Å². The van der Waals surface area contributed by atoms with E-state index in [1.807, 2.05) is 12.3 Å². The lowest BCUT2D eigenvalue weighted by Crippen LogP contribution is -2.25. The fourth-order valence-electron chi connectivity index (χ4n) is 2.89. The normalized spacial score (nSPS) is 11.2. The summed E-state index contributed by atoms with van der Waals surface area (Å²) >= 11 is 7.19. The molecule has 10 heteroatoms. The lowest BCUT2D eigenvalue weighted by atomic mass is 10.0. The molecule has 4 heterocycles. The topological polar surface area (TPSA) is 94.8 Å². The smallest absolute Gasteiger partial charge is 0.406 e. The number of aryl methyl sites for hydroxylation is 1. The molecule has 1 N–H and O–H groups in total. The Bertz CT molecular complexity index is 1200. The number of hydrogen-bond acceptors (Lipinski definition) is 7. The Morgan fingerprint density at radius 2 is 2.14 bits per heavy atom. The lowest BCUT2D eigenvalue weighted by Gasteiger charge is -2.10. The summed E-state index contributed by atoms with van der Waals surface area (Å²) in [4.78, 5) is 29.4. The van der Waals surface area contributed by atoms with Crippen LogP contribution in [0.15, 0.2) is 36.2 Å². The van der Waals surface area contributed by atoms with Crippen LogP contribution >= 0.6 is 22.9 Å². The third-order valence-electron chi connectivity index (χ3n) is 4.27.